The van der Waals surface area contributed by atoms with Crippen molar-refractivity contribution in [2.24, 2.45) is 0 Å². The summed E-state index contributed by atoms with van der Waals surface area (Å²) in [6.45, 7) is 3.22. The molecular weight excluding hydrogens is 170 g/mol. The lowest BCUT2D eigenvalue weighted by Gasteiger charge is -2.43. The number of ether oxygens (including phenoxy) is 2. The van der Waals surface area contributed by atoms with Gasteiger partial charge >= 0.3 is 0 Å². The Morgan fingerprint density at radius 3 is 2.69 bits per heavy atom. The molecule has 1 spiro atoms. The van der Waals surface area contributed by atoms with Crippen molar-refractivity contribution < 1.29 is 14.6 Å². The molecule has 2 saturated heterocycles. The van der Waals surface area contributed by atoms with Crippen molar-refractivity contribution >= 4 is 0 Å². The number of aliphatic hydroxyl groups is 1. The van der Waals surface area contributed by atoms with Crippen LogP contribution in [0, 0.1) is 0 Å². The van der Waals surface area contributed by atoms with Crippen LogP contribution in [-0.4, -0.2) is 49.7 Å². The molecule has 13 heavy (non-hydrogen) atoms. The van der Waals surface area contributed by atoms with E-state index < -0.39 is 0 Å². The predicted octanol–water partition coefficient (Wildman–Crippen LogP) is -0.484. The Balaban J connectivity index is 1.87. The maximum atomic E-state index is 8.89. The third kappa shape index (κ3) is 2.02. The summed E-state index contributed by atoms with van der Waals surface area (Å²) in [6.07, 6.45) is 2.02. The number of morpholine rings is 1. The fourth-order valence-corrected chi connectivity index (χ4v) is 1.92. The summed E-state index contributed by atoms with van der Waals surface area (Å²) in [5.74, 6) is 0. The van der Waals surface area contributed by atoms with Gasteiger partial charge in [-0.3, -0.25) is 0 Å². The van der Waals surface area contributed by atoms with Crippen molar-refractivity contribution in [3.8, 4) is 0 Å². The molecule has 0 aromatic heterocycles. The third-order valence-electron chi connectivity index (χ3n) is 2.95. The van der Waals surface area contributed by atoms with Gasteiger partial charge in [0.1, 0.15) is 0 Å². The fraction of sp³-hybridized carbons (Fsp3) is 1.00. The molecule has 2 aliphatic heterocycles. The van der Waals surface area contributed by atoms with Crippen molar-refractivity contribution in [2.75, 3.05) is 33.0 Å². The average Bonchev–Trinajstić information content (AvgIpc) is 2.20. The van der Waals surface area contributed by atoms with Gasteiger partial charge in [-0.1, -0.05) is 0 Å². The molecule has 0 aromatic rings. The van der Waals surface area contributed by atoms with Gasteiger partial charge in [-0.25, -0.2) is 0 Å². The van der Waals surface area contributed by atoms with E-state index in [0.29, 0.717) is 6.61 Å². The van der Waals surface area contributed by atoms with E-state index in [4.69, 9.17) is 14.6 Å². The molecule has 0 aromatic carbocycles. The minimum atomic E-state index is -0.0199. The molecule has 2 N–H and O–H groups in total. The second-order valence-corrected chi connectivity index (χ2v) is 3.89. The largest absolute Gasteiger partial charge is 0.394 e. The van der Waals surface area contributed by atoms with Crippen LogP contribution in [0.1, 0.15) is 12.8 Å². The maximum absolute atomic E-state index is 8.89. The lowest BCUT2D eigenvalue weighted by Crippen LogP contribution is -2.60. The minimum absolute atomic E-state index is 0.0199. The van der Waals surface area contributed by atoms with Crippen LogP contribution in [0.3, 0.4) is 0 Å². The summed E-state index contributed by atoms with van der Waals surface area (Å²) in [7, 11) is 0. The van der Waals surface area contributed by atoms with E-state index in [9.17, 15) is 0 Å². The highest BCUT2D eigenvalue weighted by atomic mass is 16.5. The first-order chi connectivity index (χ1) is 6.35. The Morgan fingerprint density at radius 1 is 1.38 bits per heavy atom. The highest BCUT2D eigenvalue weighted by Crippen LogP contribution is 2.24. The van der Waals surface area contributed by atoms with Crippen molar-refractivity contribution in [3.63, 3.8) is 0 Å². The molecule has 76 valence electrons. The second kappa shape index (κ2) is 3.92. The molecule has 0 aliphatic carbocycles. The second-order valence-electron chi connectivity index (χ2n) is 3.89. The summed E-state index contributed by atoms with van der Waals surface area (Å²) < 4.78 is 10.9. The highest BCUT2D eigenvalue weighted by molar-refractivity contribution is 4.93. The molecule has 2 heterocycles. The van der Waals surface area contributed by atoms with Gasteiger partial charge in [0.15, 0.2) is 0 Å². The van der Waals surface area contributed by atoms with Gasteiger partial charge in [-0.2, -0.15) is 0 Å². The van der Waals surface area contributed by atoms with Crippen LogP contribution < -0.4 is 5.32 Å². The summed E-state index contributed by atoms with van der Waals surface area (Å²) >= 11 is 0. The van der Waals surface area contributed by atoms with E-state index in [1.807, 2.05) is 0 Å². The molecule has 1 atom stereocenters. The zero-order chi connectivity index (χ0) is 9.15. The monoisotopic (exact) mass is 187 g/mol. The maximum Gasteiger partial charge on any atom is 0.0930 e. The molecule has 4 nitrogen and oxygen atoms in total. The van der Waals surface area contributed by atoms with Gasteiger partial charge in [0, 0.05) is 25.3 Å². The normalized spacial score (nSPS) is 33.5. The van der Waals surface area contributed by atoms with E-state index in [1.165, 1.54) is 0 Å². The summed E-state index contributed by atoms with van der Waals surface area (Å²) in [4.78, 5) is 0. The molecular formula is C9H17NO3. The van der Waals surface area contributed by atoms with Crippen molar-refractivity contribution in [1.82, 2.24) is 5.32 Å². The lowest BCUT2D eigenvalue weighted by molar-refractivity contribution is -0.0861. The molecule has 0 bridgehead atoms. The van der Waals surface area contributed by atoms with Gasteiger partial charge in [-0.15, -0.1) is 0 Å². The van der Waals surface area contributed by atoms with Gasteiger partial charge < -0.3 is 19.9 Å². The van der Waals surface area contributed by atoms with Gasteiger partial charge in [0.05, 0.1) is 19.3 Å². The molecule has 0 amide bonds. The molecule has 0 saturated carbocycles. The molecule has 2 fully saturated rings. The topological polar surface area (TPSA) is 50.7 Å². The zero-order valence-electron chi connectivity index (χ0n) is 7.79. The number of hydrogen-bond acceptors (Lipinski definition) is 4. The van der Waals surface area contributed by atoms with Gasteiger partial charge in [0.2, 0.25) is 0 Å². The molecule has 0 radical (unpaired) electrons. The van der Waals surface area contributed by atoms with Gasteiger partial charge in [-0.05, 0) is 12.8 Å². The van der Waals surface area contributed by atoms with Crippen LogP contribution >= 0.6 is 0 Å². The van der Waals surface area contributed by atoms with Crippen LogP contribution in [0.15, 0.2) is 0 Å². The van der Waals surface area contributed by atoms with Crippen LogP contribution in [-0.2, 0) is 9.47 Å². The smallest absolute Gasteiger partial charge is 0.0930 e. The van der Waals surface area contributed by atoms with Crippen LogP contribution in [0.25, 0.3) is 0 Å². The lowest BCUT2D eigenvalue weighted by atomic mass is 9.89. The molecule has 2 aliphatic rings. The van der Waals surface area contributed by atoms with Crippen LogP contribution in [0.2, 0.25) is 0 Å². The first-order valence-corrected chi connectivity index (χ1v) is 4.90. The SMILES string of the molecule is OCC1CNC2(CCOCC2)CO1. The highest BCUT2D eigenvalue weighted by Gasteiger charge is 2.36. The number of rotatable bonds is 1. The van der Waals surface area contributed by atoms with E-state index >= 15 is 0 Å². The van der Waals surface area contributed by atoms with E-state index in [2.05, 4.69) is 5.32 Å². The van der Waals surface area contributed by atoms with Gasteiger partial charge in [0.25, 0.3) is 0 Å². The van der Waals surface area contributed by atoms with Crippen molar-refractivity contribution in [1.29, 1.82) is 0 Å². The first-order valence-electron chi connectivity index (χ1n) is 4.90. The number of nitrogens with one attached hydrogen (secondary N) is 1. The van der Waals surface area contributed by atoms with Crippen LogP contribution in [0.5, 0.6) is 0 Å². The zero-order valence-corrected chi connectivity index (χ0v) is 7.79. The Labute approximate surface area is 78.2 Å². The molecule has 1 unspecified atom stereocenters. The van der Waals surface area contributed by atoms with E-state index in [1.54, 1.807) is 0 Å². The van der Waals surface area contributed by atoms with Crippen LogP contribution in [0.4, 0.5) is 0 Å². The average molecular weight is 187 g/mol. The van der Waals surface area contributed by atoms with E-state index in [-0.39, 0.29) is 18.2 Å². The van der Waals surface area contributed by atoms with E-state index in [0.717, 1.165) is 32.6 Å². The molecule has 4 heteroatoms. The quantitative estimate of drug-likeness (QED) is 0.582. The summed E-state index contributed by atoms with van der Waals surface area (Å²) in [6, 6.07) is 0. The summed E-state index contributed by atoms with van der Waals surface area (Å²) in [5.41, 5.74) is 0.129. The Hall–Kier alpha value is -0.160. The third-order valence-corrected chi connectivity index (χ3v) is 2.95. The minimum Gasteiger partial charge on any atom is -0.394 e. The number of aliphatic hydroxyl groups excluding tert-OH is 1. The fourth-order valence-electron chi connectivity index (χ4n) is 1.92. The summed E-state index contributed by atoms with van der Waals surface area (Å²) in [5, 5.41) is 12.4. The Morgan fingerprint density at radius 2 is 2.15 bits per heavy atom. The van der Waals surface area contributed by atoms with Crippen molar-refractivity contribution in [2.45, 2.75) is 24.5 Å². The predicted molar refractivity (Wildman–Crippen MR) is 47.6 cm³/mol. The first kappa shape index (κ1) is 9.40. The Kier molecular flexibility index (Phi) is 2.83. The Bertz CT molecular complexity index is 158. The molecule has 2 rings (SSSR count). The standard InChI is InChI=1S/C9H17NO3/c11-6-8-5-10-9(7-13-8)1-3-12-4-2-9/h8,10-11H,1-7H2. The number of hydrogen-bond donors (Lipinski definition) is 2. The van der Waals surface area contributed by atoms with Crippen molar-refractivity contribution in [3.05, 3.63) is 0 Å².